The minimum absolute atomic E-state index is 0.0831. The lowest BCUT2D eigenvalue weighted by atomic mass is 10.0. The number of benzene rings is 2. The number of ether oxygens (including phenoxy) is 2. The number of quaternary nitrogens is 1. The summed E-state index contributed by atoms with van der Waals surface area (Å²) < 4.78 is 12.2. The van der Waals surface area contributed by atoms with Crippen LogP contribution in [0, 0.1) is 0 Å². The SMILES string of the molecule is CCCCCCCCCc1ccc(OCCCCOC(=O)C(CCC)[N+](C)(C)Cc2ccccc2)cc1. The number of rotatable bonds is 20. The lowest BCUT2D eigenvalue weighted by Crippen LogP contribution is -2.52. The Kier molecular flexibility index (Phi) is 15.0. The van der Waals surface area contributed by atoms with E-state index in [1.807, 2.05) is 6.07 Å². The van der Waals surface area contributed by atoms with Crippen LogP contribution in [0.15, 0.2) is 54.6 Å². The van der Waals surface area contributed by atoms with Gasteiger partial charge in [-0.05, 0) is 49.8 Å². The van der Waals surface area contributed by atoms with Crippen molar-refractivity contribution in [1.82, 2.24) is 0 Å². The van der Waals surface area contributed by atoms with Gasteiger partial charge in [0.2, 0.25) is 0 Å². The van der Waals surface area contributed by atoms with Crippen LogP contribution >= 0.6 is 0 Å². The van der Waals surface area contributed by atoms with Gasteiger partial charge in [-0.15, -0.1) is 0 Å². The van der Waals surface area contributed by atoms with E-state index in [4.69, 9.17) is 9.47 Å². The molecule has 37 heavy (non-hydrogen) atoms. The number of nitrogens with zero attached hydrogens (tertiary/aromatic N) is 1. The van der Waals surface area contributed by atoms with Crippen molar-refractivity contribution in [2.75, 3.05) is 27.3 Å². The van der Waals surface area contributed by atoms with Gasteiger partial charge in [0.05, 0.1) is 27.3 Å². The number of hydrogen-bond donors (Lipinski definition) is 0. The lowest BCUT2D eigenvalue weighted by molar-refractivity contribution is -0.920. The number of carbonyl (C=O) groups excluding carboxylic acids is 1. The van der Waals surface area contributed by atoms with Crippen LogP contribution in [0.25, 0.3) is 0 Å². The second-order valence-corrected chi connectivity index (χ2v) is 11.0. The highest BCUT2D eigenvalue weighted by Gasteiger charge is 2.35. The van der Waals surface area contributed by atoms with Gasteiger partial charge in [-0.25, -0.2) is 4.79 Å². The first-order valence-electron chi connectivity index (χ1n) is 14.7. The molecule has 0 aliphatic heterocycles. The molecular formula is C33H52NO3+. The highest BCUT2D eigenvalue weighted by atomic mass is 16.5. The van der Waals surface area contributed by atoms with Crippen LogP contribution in [0.2, 0.25) is 0 Å². The van der Waals surface area contributed by atoms with Crippen LogP contribution in [0.5, 0.6) is 5.75 Å². The standard InChI is InChI=1S/C33H52NO3/c1-5-7-8-9-10-11-13-19-29-22-24-31(25-23-29)36-26-16-17-27-37-33(35)32(18-6-2)34(3,4)28-30-20-14-12-15-21-30/h12,14-15,20-25,32H,5-11,13,16-19,26-28H2,1-4H3/q+1. The molecule has 1 unspecified atom stereocenters. The van der Waals surface area contributed by atoms with Crippen molar-refractivity contribution >= 4 is 5.97 Å². The maximum Gasteiger partial charge on any atom is 0.364 e. The average molecular weight is 511 g/mol. The summed E-state index contributed by atoms with van der Waals surface area (Å²) in [6, 6.07) is 18.8. The second-order valence-electron chi connectivity index (χ2n) is 11.0. The minimum atomic E-state index is -0.152. The number of aryl methyl sites for hydroxylation is 1. The Balaban J connectivity index is 1.62. The number of carbonyl (C=O) groups is 1. The van der Waals surface area contributed by atoms with E-state index in [2.05, 4.69) is 76.5 Å². The van der Waals surface area contributed by atoms with Crippen molar-refractivity contribution in [3.8, 4) is 5.75 Å². The van der Waals surface area contributed by atoms with E-state index in [1.54, 1.807) is 0 Å². The first-order chi connectivity index (χ1) is 18.0. The van der Waals surface area contributed by atoms with Crippen molar-refractivity contribution in [2.24, 2.45) is 0 Å². The summed E-state index contributed by atoms with van der Waals surface area (Å²) in [7, 11) is 4.25. The zero-order valence-corrected chi connectivity index (χ0v) is 24.1. The Morgan fingerprint density at radius 1 is 0.730 bits per heavy atom. The van der Waals surface area contributed by atoms with E-state index >= 15 is 0 Å². The fourth-order valence-corrected chi connectivity index (χ4v) is 4.89. The third-order valence-electron chi connectivity index (χ3n) is 7.15. The molecule has 0 bridgehead atoms. The first-order valence-corrected chi connectivity index (χ1v) is 14.7. The van der Waals surface area contributed by atoms with Gasteiger partial charge in [-0.1, -0.05) is 94.8 Å². The maximum atomic E-state index is 12.9. The maximum absolute atomic E-state index is 12.9. The van der Waals surface area contributed by atoms with E-state index in [-0.39, 0.29) is 12.0 Å². The average Bonchev–Trinajstić information content (AvgIpc) is 2.89. The van der Waals surface area contributed by atoms with Crippen molar-refractivity contribution in [3.63, 3.8) is 0 Å². The van der Waals surface area contributed by atoms with Gasteiger partial charge >= 0.3 is 5.97 Å². The van der Waals surface area contributed by atoms with Crippen molar-refractivity contribution < 1.29 is 18.8 Å². The minimum Gasteiger partial charge on any atom is -0.494 e. The zero-order chi connectivity index (χ0) is 26.8. The predicted octanol–water partition coefficient (Wildman–Crippen LogP) is 8.13. The number of unbranched alkanes of at least 4 members (excludes halogenated alkanes) is 7. The summed E-state index contributed by atoms with van der Waals surface area (Å²) in [4.78, 5) is 12.9. The summed E-state index contributed by atoms with van der Waals surface area (Å²) in [5.41, 5.74) is 2.63. The molecule has 0 aliphatic rings. The molecule has 0 radical (unpaired) electrons. The molecule has 2 rings (SSSR count). The molecule has 4 heteroatoms. The van der Waals surface area contributed by atoms with Crippen molar-refractivity contribution in [1.29, 1.82) is 0 Å². The van der Waals surface area contributed by atoms with Gasteiger partial charge in [0, 0.05) is 12.0 Å². The summed E-state index contributed by atoms with van der Waals surface area (Å²) in [6.45, 7) is 6.30. The Hall–Kier alpha value is -2.33. The largest absolute Gasteiger partial charge is 0.494 e. The molecule has 4 nitrogen and oxygen atoms in total. The normalized spacial score (nSPS) is 12.3. The molecule has 0 N–H and O–H groups in total. The lowest BCUT2D eigenvalue weighted by Gasteiger charge is -2.36. The van der Waals surface area contributed by atoms with E-state index in [0.717, 1.165) is 44.4 Å². The topological polar surface area (TPSA) is 35.5 Å². The highest BCUT2D eigenvalue weighted by molar-refractivity contribution is 5.74. The third kappa shape index (κ3) is 12.6. The molecule has 0 saturated heterocycles. The molecule has 0 spiro atoms. The van der Waals surface area contributed by atoms with Gasteiger partial charge in [0.1, 0.15) is 12.3 Å². The molecule has 0 amide bonds. The van der Waals surface area contributed by atoms with Gasteiger partial charge in [-0.3, -0.25) is 0 Å². The molecule has 2 aromatic carbocycles. The number of esters is 1. The smallest absolute Gasteiger partial charge is 0.364 e. The van der Waals surface area contributed by atoms with Gasteiger partial charge < -0.3 is 14.0 Å². The first kappa shape index (κ1) is 30.9. The number of likely N-dealkylation sites (N-methyl/N-ethyl adjacent to an activating group) is 1. The molecule has 1 atom stereocenters. The molecule has 0 aromatic heterocycles. The summed E-state index contributed by atoms with van der Waals surface area (Å²) >= 11 is 0. The highest BCUT2D eigenvalue weighted by Crippen LogP contribution is 2.20. The zero-order valence-electron chi connectivity index (χ0n) is 24.1. The van der Waals surface area contributed by atoms with Crippen LogP contribution in [-0.4, -0.2) is 43.8 Å². The van der Waals surface area contributed by atoms with Gasteiger partial charge in [-0.2, -0.15) is 0 Å². The summed E-state index contributed by atoms with van der Waals surface area (Å²) in [6.07, 6.45) is 14.0. The van der Waals surface area contributed by atoms with E-state index in [9.17, 15) is 4.79 Å². The Bertz CT molecular complexity index is 848. The van der Waals surface area contributed by atoms with Crippen molar-refractivity contribution in [2.45, 2.75) is 103 Å². The van der Waals surface area contributed by atoms with Crippen LogP contribution in [0.1, 0.15) is 95.6 Å². The Labute approximate surface area is 227 Å². The molecule has 0 heterocycles. The predicted molar refractivity (Wildman–Crippen MR) is 155 cm³/mol. The Morgan fingerprint density at radius 3 is 2.05 bits per heavy atom. The van der Waals surface area contributed by atoms with Crippen molar-refractivity contribution in [3.05, 3.63) is 65.7 Å². The summed E-state index contributed by atoms with van der Waals surface area (Å²) in [5, 5.41) is 0. The monoisotopic (exact) mass is 510 g/mol. The van der Waals surface area contributed by atoms with E-state index in [0.29, 0.717) is 17.7 Å². The van der Waals surface area contributed by atoms with E-state index in [1.165, 1.54) is 56.1 Å². The fraction of sp³-hybridized carbons (Fsp3) is 0.606. The van der Waals surface area contributed by atoms with Crippen LogP contribution < -0.4 is 4.74 Å². The molecule has 206 valence electrons. The molecular weight excluding hydrogens is 458 g/mol. The summed E-state index contributed by atoms with van der Waals surface area (Å²) in [5.74, 6) is 0.837. The van der Waals surface area contributed by atoms with Gasteiger partial charge in [0.15, 0.2) is 6.04 Å². The molecule has 0 saturated carbocycles. The Morgan fingerprint density at radius 2 is 1.38 bits per heavy atom. The molecule has 0 fully saturated rings. The van der Waals surface area contributed by atoms with E-state index < -0.39 is 0 Å². The molecule has 2 aromatic rings. The van der Waals surface area contributed by atoms with Crippen LogP contribution in [-0.2, 0) is 22.5 Å². The van der Waals surface area contributed by atoms with Gasteiger partial charge in [0.25, 0.3) is 0 Å². The molecule has 0 aliphatic carbocycles. The third-order valence-corrected chi connectivity index (χ3v) is 7.15. The van der Waals surface area contributed by atoms with Crippen LogP contribution in [0.3, 0.4) is 0 Å². The van der Waals surface area contributed by atoms with Crippen LogP contribution in [0.4, 0.5) is 0 Å². The second kappa shape index (κ2) is 18.0. The quantitative estimate of drug-likeness (QED) is 0.102. The number of hydrogen-bond acceptors (Lipinski definition) is 3. The fourth-order valence-electron chi connectivity index (χ4n) is 4.89.